The van der Waals surface area contributed by atoms with Crippen LogP contribution in [-0.4, -0.2) is 46.6 Å². The highest BCUT2D eigenvalue weighted by atomic mass is 15.3. The van der Waals surface area contributed by atoms with E-state index >= 15 is 0 Å². The summed E-state index contributed by atoms with van der Waals surface area (Å²) in [6.45, 7) is 18.3. The fourth-order valence-corrected chi connectivity index (χ4v) is 4.09. The zero-order chi connectivity index (χ0) is 17.6. The molecule has 2 fully saturated rings. The highest BCUT2D eigenvalue weighted by Crippen LogP contribution is 2.41. The average molecular weight is 331 g/mol. The van der Waals surface area contributed by atoms with Crippen LogP contribution in [0.25, 0.3) is 0 Å². The third-order valence-electron chi connectivity index (χ3n) is 5.84. The molecular formula is C20H34N4. The standard InChI is InChI=1S/C20H34N4/c1-18(2,3)16-12-21-17(22-13-16)23-10-7-8-20(14-23)9-11-24(15-20)19(4,5)6/h12-13H,7-11,14-15H2,1-6H3. The van der Waals surface area contributed by atoms with E-state index in [2.05, 4.69) is 51.3 Å². The Hall–Kier alpha value is -1.16. The van der Waals surface area contributed by atoms with E-state index in [1.54, 1.807) is 0 Å². The van der Waals surface area contributed by atoms with Crippen molar-refractivity contribution < 1.29 is 0 Å². The zero-order valence-corrected chi connectivity index (χ0v) is 16.4. The smallest absolute Gasteiger partial charge is 0.225 e. The van der Waals surface area contributed by atoms with Gasteiger partial charge in [-0.1, -0.05) is 20.8 Å². The van der Waals surface area contributed by atoms with Gasteiger partial charge in [-0.3, -0.25) is 4.90 Å². The number of aromatic nitrogens is 2. The normalized spacial score (nSPS) is 26.3. The molecule has 0 aliphatic carbocycles. The molecule has 1 aromatic rings. The minimum Gasteiger partial charge on any atom is -0.340 e. The fourth-order valence-electron chi connectivity index (χ4n) is 4.09. The van der Waals surface area contributed by atoms with Crippen molar-refractivity contribution in [2.24, 2.45) is 5.41 Å². The molecular weight excluding hydrogens is 296 g/mol. The Morgan fingerprint density at radius 2 is 1.58 bits per heavy atom. The summed E-state index contributed by atoms with van der Waals surface area (Å²) in [7, 11) is 0. The topological polar surface area (TPSA) is 32.3 Å². The summed E-state index contributed by atoms with van der Waals surface area (Å²) < 4.78 is 0. The van der Waals surface area contributed by atoms with Crippen LogP contribution in [0.3, 0.4) is 0 Å². The quantitative estimate of drug-likeness (QED) is 0.782. The van der Waals surface area contributed by atoms with E-state index in [0.717, 1.165) is 19.0 Å². The number of likely N-dealkylation sites (tertiary alicyclic amines) is 1. The molecule has 0 aromatic carbocycles. The maximum absolute atomic E-state index is 4.69. The number of nitrogens with zero attached hydrogens (tertiary/aromatic N) is 4. The van der Waals surface area contributed by atoms with Crippen LogP contribution < -0.4 is 4.90 Å². The van der Waals surface area contributed by atoms with Crippen molar-refractivity contribution in [3.63, 3.8) is 0 Å². The minimum atomic E-state index is 0.111. The van der Waals surface area contributed by atoms with E-state index in [9.17, 15) is 0 Å². The molecule has 3 heterocycles. The number of rotatable bonds is 1. The predicted molar refractivity (Wildman–Crippen MR) is 101 cm³/mol. The lowest BCUT2D eigenvalue weighted by molar-refractivity contribution is 0.139. The lowest BCUT2D eigenvalue weighted by Crippen LogP contribution is -2.47. The van der Waals surface area contributed by atoms with Crippen molar-refractivity contribution in [1.29, 1.82) is 0 Å². The third-order valence-corrected chi connectivity index (χ3v) is 5.84. The van der Waals surface area contributed by atoms with Crippen molar-refractivity contribution in [3.8, 4) is 0 Å². The molecule has 24 heavy (non-hydrogen) atoms. The summed E-state index contributed by atoms with van der Waals surface area (Å²) >= 11 is 0. The lowest BCUT2D eigenvalue weighted by Gasteiger charge is -2.42. The molecule has 4 heteroatoms. The second kappa shape index (κ2) is 5.98. The van der Waals surface area contributed by atoms with Gasteiger partial charge in [0, 0.05) is 43.0 Å². The van der Waals surface area contributed by atoms with Crippen LogP contribution in [0.4, 0.5) is 5.95 Å². The van der Waals surface area contributed by atoms with Crippen LogP contribution in [0.2, 0.25) is 0 Å². The first-order chi connectivity index (χ1) is 11.1. The van der Waals surface area contributed by atoms with Crippen molar-refractivity contribution in [1.82, 2.24) is 14.9 Å². The van der Waals surface area contributed by atoms with Gasteiger partial charge in [0.1, 0.15) is 0 Å². The SMILES string of the molecule is CC(C)(C)c1cnc(N2CCCC3(CCN(C(C)(C)C)C3)C2)nc1. The van der Waals surface area contributed by atoms with Crippen molar-refractivity contribution in [3.05, 3.63) is 18.0 Å². The van der Waals surface area contributed by atoms with Crippen LogP contribution in [0.5, 0.6) is 0 Å². The Kier molecular flexibility index (Phi) is 4.40. The Bertz CT molecular complexity index is 567. The summed E-state index contributed by atoms with van der Waals surface area (Å²) in [5, 5.41) is 0. The van der Waals surface area contributed by atoms with Crippen molar-refractivity contribution in [2.45, 2.75) is 71.8 Å². The van der Waals surface area contributed by atoms with Gasteiger partial charge in [0.15, 0.2) is 0 Å². The summed E-state index contributed by atoms with van der Waals surface area (Å²) in [6, 6.07) is 0. The average Bonchev–Trinajstić information content (AvgIpc) is 2.90. The largest absolute Gasteiger partial charge is 0.340 e. The van der Waals surface area contributed by atoms with Crippen LogP contribution >= 0.6 is 0 Å². The first kappa shape index (κ1) is 17.7. The molecule has 0 radical (unpaired) electrons. The van der Waals surface area contributed by atoms with Crippen LogP contribution in [0, 0.1) is 5.41 Å². The molecule has 1 aromatic heterocycles. The molecule has 0 N–H and O–H groups in total. The molecule has 2 aliphatic heterocycles. The minimum absolute atomic E-state index is 0.111. The lowest BCUT2D eigenvalue weighted by atomic mass is 9.79. The molecule has 2 aliphatic rings. The fraction of sp³-hybridized carbons (Fsp3) is 0.800. The Labute approximate surface area is 147 Å². The van der Waals surface area contributed by atoms with Gasteiger partial charge >= 0.3 is 0 Å². The summed E-state index contributed by atoms with van der Waals surface area (Å²) in [6.07, 6.45) is 7.93. The van der Waals surface area contributed by atoms with Crippen LogP contribution in [0.1, 0.15) is 66.4 Å². The summed E-state index contributed by atoms with van der Waals surface area (Å²) in [5.74, 6) is 0.913. The number of anilines is 1. The summed E-state index contributed by atoms with van der Waals surface area (Å²) in [4.78, 5) is 14.5. The molecule has 3 rings (SSSR count). The second-order valence-electron chi connectivity index (χ2n) is 9.89. The van der Waals surface area contributed by atoms with E-state index in [-0.39, 0.29) is 11.0 Å². The van der Waals surface area contributed by atoms with Gasteiger partial charge in [0.25, 0.3) is 0 Å². The number of hydrogen-bond donors (Lipinski definition) is 0. The van der Waals surface area contributed by atoms with Crippen LogP contribution in [-0.2, 0) is 5.41 Å². The van der Waals surface area contributed by atoms with Gasteiger partial charge in [0.2, 0.25) is 5.95 Å². The molecule has 4 nitrogen and oxygen atoms in total. The Morgan fingerprint density at radius 3 is 2.12 bits per heavy atom. The van der Waals surface area contributed by atoms with Gasteiger partial charge in [-0.25, -0.2) is 9.97 Å². The summed E-state index contributed by atoms with van der Waals surface area (Å²) in [5.41, 5.74) is 2.02. The monoisotopic (exact) mass is 330 g/mol. The maximum atomic E-state index is 4.69. The van der Waals surface area contributed by atoms with Crippen LogP contribution in [0.15, 0.2) is 12.4 Å². The van der Waals surface area contributed by atoms with E-state index in [1.165, 1.54) is 37.9 Å². The molecule has 0 amide bonds. The van der Waals surface area contributed by atoms with Gasteiger partial charge in [-0.05, 0) is 57.6 Å². The number of piperidine rings is 1. The molecule has 1 atom stereocenters. The maximum Gasteiger partial charge on any atom is 0.225 e. The molecule has 2 saturated heterocycles. The predicted octanol–water partition coefficient (Wildman–Crippen LogP) is 3.86. The first-order valence-electron chi connectivity index (χ1n) is 9.42. The van der Waals surface area contributed by atoms with Gasteiger partial charge in [-0.2, -0.15) is 0 Å². The highest BCUT2D eigenvalue weighted by Gasteiger charge is 2.44. The van der Waals surface area contributed by atoms with E-state index in [1.807, 2.05) is 12.4 Å². The Morgan fingerprint density at radius 1 is 0.917 bits per heavy atom. The molecule has 1 spiro atoms. The Balaban J connectivity index is 1.72. The zero-order valence-electron chi connectivity index (χ0n) is 16.4. The molecule has 0 saturated carbocycles. The van der Waals surface area contributed by atoms with Crippen molar-refractivity contribution >= 4 is 5.95 Å². The van der Waals surface area contributed by atoms with Crippen molar-refractivity contribution in [2.75, 3.05) is 31.1 Å². The van der Waals surface area contributed by atoms with E-state index in [4.69, 9.17) is 9.97 Å². The van der Waals surface area contributed by atoms with E-state index in [0.29, 0.717) is 5.41 Å². The molecule has 134 valence electrons. The molecule has 1 unspecified atom stereocenters. The second-order valence-corrected chi connectivity index (χ2v) is 9.89. The molecule has 0 bridgehead atoms. The highest BCUT2D eigenvalue weighted by molar-refractivity contribution is 5.33. The first-order valence-corrected chi connectivity index (χ1v) is 9.42. The van der Waals surface area contributed by atoms with Gasteiger partial charge < -0.3 is 4.90 Å². The van der Waals surface area contributed by atoms with Gasteiger partial charge in [0.05, 0.1) is 0 Å². The number of hydrogen-bond acceptors (Lipinski definition) is 4. The third kappa shape index (κ3) is 3.58. The van der Waals surface area contributed by atoms with E-state index < -0.39 is 0 Å². The van der Waals surface area contributed by atoms with Gasteiger partial charge in [-0.15, -0.1) is 0 Å².